The Hall–Kier alpha value is -4.81. The first kappa shape index (κ1) is 35.6. The number of fused-ring (bicyclic) bond motifs is 1. The maximum absolute atomic E-state index is 13.4. The van der Waals surface area contributed by atoms with Gasteiger partial charge in [-0.05, 0) is 43.1 Å². The number of aromatic nitrogens is 3. The van der Waals surface area contributed by atoms with Crippen molar-refractivity contribution in [2.75, 3.05) is 33.9 Å². The summed E-state index contributed by atoms with van der Waals surface area (Å²) in [5.74, 6) is 0.178. The summed E-state index contributed by atoms with van der Waals surface area (Å²) in [6.07, 6.45) is 5.42. The molecule has 0 bridgehead atoms. The Morgan fingerprint density at radius 3 is 2.44 bits per heavy atom. The van der Waals surface area contributed by atoms with E-state index < -0.39 is 0 Å². The molecule has 3 aromatic heterocycles. The van der Waals surface area contributed by atoms with Crippen LogP contribution in [0.5, 0.6) is 5.88 Å². The predicted molar refractivity (Wildman–Crippen MR) is 200 cm³/mol. The van der Waals surface area contributed by atoms with Gasteiger partial charge in [-0.25, -0.2) is 9.97 Å². The predicted octanol–water partition coefficient (Wildman–Crippen LogP) is 5.77. The SMILES string of the molecule is COC(=O)[C@@H]1CCN(Cc2cnc3cc(-c4cccc(-c5cccc(-c6ccc(CNC[C@@H]7CCC(=O)N7)c(OC)n6)c5Cl)c4Cl)ccn3c2=O)C1. The minimum absolute atomic E-state index is 0.0908. The molecule has 2 fully saturated rings. The number of hydrogen-bond acceptors (Lipinski definition) is 9. The molecule has 7 rings (SSSR count). The first-order chi connectivity index (χ1) is 25.2. The van der Waals surface area contributed by atoms with Crippen LogP contribution in [0.25, 0.3) is 39.2 Å². The molecule has 11 nitrogen and oxygen atoms in total. The number of rotatable bonds is 11. The van der Waals surface area contributed by atoms with E-state index in [-0.39, 0.29) is 29.4 Å². The van der Waals surface area contributed by atoms with Gasteiger partial charge in [-0.1, -0.05) is 65.7 Å². The van der Waals surface area contributed by atoms with Crippen molar-refractivity contribution in [2.24, 2.45) is 5.92 Å². The number of pyridine rings is 2. The van der Waals surface area contributed by atoms with Crippen molar-refractivity contribution in [3.05, 3.63) is 105 Å². The molecule has 0 radical (unpaired) electrons. The second-order valence-corrected chi connectivity index (χ2v) is 13.9. The number of likely N-dealkylation sites (tertiary alicyclic amines) is 1. The Balaban J connectivity index is 1.12. The molecule has 268 valence electrons. The fourth-order valence-electron chi connectivity index (χ4n) is 7.01. The van der Waals surface area contributed by atoms with E-state index in [9.17, 15) is 14.4 Å². The van der Waals surface area contributed by atoms with Gasteiger partial charge in [0.25, 0.3) is 5.56 Å². The summed E-state index contributed by atoms with van der Waals surface area (Å²) in [4.78, 5) is 48.4. The van der Waals surface area contributed by atoms with Crippen LogP contribution < -0.4 is 20.9 Å². The van der Waals surface area contributed by atoms with Crippen LogP contribution in [0.4, 0.5) is 0 Å². The number of amides is 1. The molecule has 5 aromatic rings. The lowest BCUT2D eigenvalue weighted by molar-refractivity contribution is -0.145. The first-order valence-corrected chi connectivity index (χ1v) is 17.9. The summed E-state index contributed by atoms with van der Waals surface area (Å²) >= 11 is 14.2. The average Bonchev–Trinajstić information content (AvgIpc) is 3.81. The summed E-state index contributed by atoms with van der Waals surface area (Å²) in [7, 11) is 2.99. The molecule has 0 spiro atoms. The molecular weight excluding hydrogens is 703 g/mol. The van der Waals surface area contributed by atoms with Crippen molar-refractivity contribution in [3.8, 4) is 39.4 Å². The molecule has 13 heteroatoms. The van der Waals surface area contributed by atoms with Gasteiger partial charge in [-0.2, -0.15) is 0 Å². The Kier molecular flexibility index (Phi) is 10.6. The molecule has 2 aromatic carbocycles. The van der Waals surface area contributed by atoms with E-state index in [1.54, 1.807) is 19.5 Å². The van der Waals surface area contributed by atoms with Gasteiger partial charge in [-0.15, -0.1) is 0 Å². The molecule has 0 aliphatic carbocycles. The standard InChI is InChI=1S/C39H38Cl2N6O5/c1-51-37-24(18-42-20-27-10-12-34(48)44-27)9-11-32(45-37)31-8-4-7-30(36(31)41)29-6-3-5-28(35(29)40)23-14-16-47-33(17-23)43-19-26(38(47)49)22-46-15-13-25(21-46)39(50)52-2/h3-9,11,14,16-17,19,25,27,42H,10,12-13,15,18,20-22H2,1-2H3,(H,44,48)/t25-,27+/m1/s1. The van der Waals surface area contributed by atoms with Crippen LogP contribution in [0.1, 0.15) is 30.4 Å². The first-order valence-electron chi connectivity index (χ1n) is 17.2. The van der Waals surface area contributed by atoms with E-state index in [2.05, 4.69) is 20.5 Å². The molecule has 2 aliphatic heterocycles. The maximum atomic E-state index is 13.4. The number of nitrogens with zero attached hydrogens (tertiary/aromatic N) is 4. The van der Waals surface area contributed by atoms with Crippen molar-refractivity contribution in [3.63, 3.8) is 0 Å². The van der Waals surface area contributed by atoms with Crippen LogP contribution >= 0.6 is 23.2 Å². The van der Waals surface area contributed by atoms with Gasteiger partial charge in [0.05, 0.1) is 41.4 Å². The summed E-state index contributed by atoms with van der Waals surface area (Å²) in [6, 6.07) is 19.2. The number of benzene rings is 2. The van der Waals surface area contributed by atoms with Crippen molar-refractivity contribution in [1.82, 2.24) is 29.9 Å². The van der Waals surface area contributed by atoms with E-state index in [1.807, 2.05) is 60.7 Å². The summed E-state index contributed by atoms with van der Waals surface area (Å²) in [5, 5.41) is 7.35. The lowest BCUT2D eigenvalue weighted by atomic mass is 9.97. The van der Waals surface area contributed by atoms with Gasteiger partial charge >= 0.3 is 5.97 Å². The molecular formula is C39H38Cl2N6O5. The highest BCUT2D eigenvalue weighted by Crippen LogP contribution is 2.42. The Morgan fingerprint density at radius 2 is 1.71 bits per heavy atom. The van der Waals surface area contributed by atoms with Gasteiger partial charge in [0.1, 0.15) is 5.65 Å². The molecule has 5 heterocycles. The Morgan fingerprint density at radius 1 is 0.962 bits per heavy atom. The molecule has 2 atom stereocenters. The number of esters is 1. The van der Waals surface area contributed by atoms with Crippen LogP contribution in [-0.2, 0) is 27.4 Å². The highest BCUT2D eigenvalue weighted by atomic mass is 35.5. The van der Waals surface area contributed by atoms with Gasteiger partial charge in [0.15, 0.2) is 0 Å². The summed E-state index contributed by atoms with van der Waals surface area (Å²) in [5.41, 5.74) is 6.21. The number of halogens is 2. The average molecular weight is 742 g/mol. The van der Waals surface area contributed by atoms with E-state index in [1.165, 1.54) is 11.5 Å². The third-order valence-electron chi connectivity index (χ3n) is 9.78. The Labute approximate surface area is 310 Å². The maximum Gasteiger partial charge on any atom is 0.310 e. The van der Waals surface area contributed by atoms with Crippen LogP contribution in [0.2, 0.25) is 10.0 Å². The largest absolute Gasteiger partial charge is 0.481 e. The molecule has 0 saturated carbocycles. The second-order valence-electron chi connectivity index (χ2n) is 13.1. The second kappa shape index (κ2) is 15.4. The highest BCUT2D eigenvalue weighted by Gasteiger charge is 2.29. The number of hydrogen-bond donors (Lipinski definition) is 2. The van der Waals surface area contributed by atoms with Gasteiger partial charge in [-0.3, -0.25) is 23.7 Å². The number of methoxy groups -OCH3 is 2. The van der Waals surface area contributed by atoms with Crippen molar-refractivity contribution in [1.29, 1.82) is 0 Å². The zero-order chi connectivity index (χ0) is 36.4. The van der Waals surface area contributed by atoms with Crippen LogP contribution in [0.3, 0.4) is 0 Å². The number of nitrogens with one attached hydrogen (secondary N) is 2. The van der Waals surface area contributed by atoms with Crippen LogP contribution in [0, 0.1) is 5.92 Å². The van der Waals surface area contributed by atoms with Crippen molar-refractivity contribution < 1.29 is 19.1 Å². The molecule has 2 saturated heterocycles. The zero-order valence-electron chi connectivity index (χ0n) is 28.8. The third-order valence-corrected chi connectivity index (χ3v) is 10.6. The smallest absolute Gasteiger partial charge is 0.310 e. The lowest BCUT2D eigenvalue weighted by Gasteiger charge is -2.16. The molecule has 2 aliphatic rings. The van der Waals surface area contributed by atoms with Crippen molar-refractivity contribution >= 4 is 40.7 Å². The van der Waals surface area contributed by atoms with Gasteiger partial charge in [0, 0.05) is 78.9 Å². The lowest BCUT2D eigenvalue weighted by Crippen LogP contribution is -2.35. The van der Waals surface area contributed by atoms with E-state index in [4.69, 9.17) is 37.7 Å². The van der Waals surface area contributed by atoms with Crippen LogP contribution in [0.15, 0.2) is 77.9 Å². The van der Waals surface area contributed by atoms with E-state index in [0.29, 0.717) is 78.4 Å². The van der Waals surface area contributed by atoms with E-state index in [0.717, 1.165) is 39.8 Å². The Bertz CT molecular complexity index is 2230. The molecule has 52 heavy (non-hydrogen) atoms. The molecule has 2 N–H and O–H groups in total. The van der Waals surface area contributed by atoms with Gasteiger partial charge < -0.3 is 20.1 Å². The number of carbonyl (C=O) groups excluding carboxylic acids is 2. The topological polar surface area (TPSA) is 127 Å². The zero-order valence-corrected chi connectivity index (χ0v) is 30.3. The quantitative estimate of drug-likeness (QED) is 0.162. The summed E-state index contributed by atoms with van der Waals surface area (Å²) < 4.78 is 12.1. The third kappa shape index (κ3) is 7.27. The highest BCUT2D eigenvalue weighted by molar-refractivity contribution is 6.39. The minimum atomic E-state index is -0.220. The molecule has 0 unspecified atom stereocenters. The number of carbonyl (C=O) groups is 2. The normalized spacial score (nSPS) is 17.4. The van der Waals surface area contributed by atoms with Crippen LogP contribution in [-0.4, -0.2) is 71.0 Å². The van der Waals surface area contributed by atoms with E-state index >= 15 is 0 Å². The molecule has 1 amide bonds. The summed E-state index contributed by atoms with van der Waals surface area (Å²) in [6.45, 7) is 2.87. The monoisotopic (exact) mass is 740 g/mol. The number of ether oxygens (including phenoxy) is 2. The fourth-order valence-corrected chi connectivity index (χ4v) is 7.67. The fraction of sp³-hybridized carbons (Fsp3) is 0.308. The van der Waals surface area contributed by atoms with Gasteiger partial charge in [0.2, 0.25) is 11.8 Å². The minimum Gasteiger partial charge on any atom is -0.481 e. The van der Waals surface area contributed by atoms with Crippen molar-refractivity contribution in [2.45, 2.75) is 38.4 Å².